The molecule has 0 aromatic carbocycles. The van der Waals surface area contributed by atoms with Crippen LogP contribution in [0.25, 0.3) is 0 Å². The first-order valence-electron chi connectivity index (χ1n) is 11.4. The van der Waals surface area contributed by atoms with Crippen LogP contribution in [0, 0.1) is 40.4 Å². The number of hydrogen-bond donors (Lipinski definition) is 1. The predicted octanol–water partition coefficient (Wildman–Crippen LogP) is 4.47. The number of hydrogen-bond acceptors (Lipinski definition) is 4. The van der Waals surface area contributed by atoms with E-state index >= 15 is 0 Å². The Morgan fingerprint density at radius 3 is 2.72 bits per heavy atom. The predicted molar refractivity (Wildman–Crippen MR) is 112 cm³/mol. The monoisotopic (exact) mass is 400 g/mol. The number of fused-ring (bicyclic) bond motifs is 5. The lowest BCUT2D eigenvalue weighted by Crippen LogP contribution is -2.49. The van der Waals surface area contributed by atoms with Crippen LogP contribution in [0.3, 0.4) is 0 Å². The second-order valence-corrected chi connectivity index (χ2v) is 10.6. The van der Waals surface area contributed by atoms with E-state index < -0.39 is 12.1 Å². The molecule has 0 heterocycles. The molecule has 4 heteroatoms. The highest BCUT2D eigenvalue weighted by atomic mass is 16.5. The first-order valence-corrected chi connectivity index (χ1v) is 11.4. The maximum Gasteiger partial charge on any atom is 0.334 e. The summed E-state index contributed by atoms with van der Waals surface area (Å²) in [7, 11) is 1.34. The van der Waals surface area contributed by atoms with Gasteiger partial charge in [-0.3, -0.25) is 4.79 Å². The zero-order chi connectivity index (χ0) is 21.0. The van der Waals surface area contributed by atoms with E-state index in [1.807, 2.05) is 6.08 Å². The Morgan fingerprint density at radius 2 is 2.00 bits per heavy atom. The molecule has 2 saturated carbocycles. The van der Waals surface area contributed by atoms with Crippen molar-refractivity contribution in [2.75, 3.05) is 7.11 Å². The zero-order valence-corrected chi connectivity index (χ0v) is 18.3. The molecule has 160 valence electrons. The number of ether oxygens (including phenoxy) is 1. The van der Waals surface area contributed by atoms with E-state index in [4.69, 9.17) is 4.74 Å². The number of aliphatic hydroxyl groups excluding tert-OH is 1. The number of carbonyl (C=O) groups excluding carboxylic acids is 2. The summed E-state index contributed by atoms with van der Waals surface area (Å²) in [5.41, 5.74) is 1.64. The summed E-state index contributed by atoms with van der Waals surface area (Å²) >= 11 is 0. The van der Waals surface area contributed by atoms with Crippen molar-refractivity contribution in [1.29, 1.82) is 0 Å². The van der Waals surface area contributed by atoms with E-state index in [1.165, 1.54) is 38.4 Å². The summed E-state index contributed by atoms with van der Waals surface area (Å²) in [5, 5.41) is 10.2. The second-order valence-electron chi connectivity index (χ2n) is 10.6. The quantitative estimate of drug-likeness (QED) is 0.707. The molecule has 0 bridgehead atoms. The summed E-state index contributed by atoms with van der Waals surface area (Å²) in [4.78, 5) is 23.7. The summed E-state index contributed by atoms with van der Waals surface area (Å²) in [5.74, 6) is 2.43. The third-order valence-corrected chi connectivity index (χ3v) is 9.34. The molecular weight excluding hydrogens is 364 g/mol. The van der Waals surface area contributed by atoms with Crippen molar-refractivity contribution in [1.82, 2.24) is 0 Å². The SMILES string of the molecule is COC(=O)C(O)CC(C)C1CCC2C3C=CC4=CC(=O)CCC4(C)C3CCC12C. The Bertz CT molecular complexity index is 752. The third-order valence-electron chi connectivity index (χ3n) is 9.34. The standard InChI is InChI=1S/C25H36O4/c1-15(13-22(27)23(28)29-4)19-7-8-20-18-6-5-16-14-17(26)9-11-24(16,2)21(18)10-12-25(19,20)3/h5-6,14-15,18-22,27H,7-13H2,1-4H3. The van der Waals surface area contributed by atoms with Crippen molar-refractivity contribution in [3.8, 4) is 0 Å². The van der Waals surface area contributed by atoms with E-state index in [1.54, 1.807) is 0 Å². The van der Waals surface area contributed by atoms with Gasteiger partial charge in [0, 0.05) is 6.42 Å². The zero-order valence-electron chi connectivity index (χ0n) is 18.3. The average molecular weight is 401 g/mol. The Morgan fingerprint density at radius 1 is 1.24 bits per heavy atom. The van der Waals surface area contributed by atoms with Crippen molar-refractivity contribution >= 4 is 11.8 Å². The molecule has 4 nitrogen and oxygen atoms in total. The molecule has 2 fully saturated rings. The lowest BCUT2D eigenvalue weighted by atomic mass is 9.48. The van der Waals surface area contributed by atoms with Crippen molar-refractivity contribution in [2.45, 2.75) is 71.8 Å². The largest absolute Gasteiger partial charge is 0.467 e. The lowest BCUT2D eigenvalue weighted by molar-refractivity contribution is -0.151. The van der Waals surface area contributed by atoms with Crippen molar-refractivity contribution in [2.24, 2.45) is 40.4 Å². The van der Waals surface area contributed by atoms with Crippen LogP contribution in [0.1, 0.15) is 65.7 Å². The molecule has 1 N–H and O–H groups in total. The molecule has 0 aromatic rings. The highest BCUT2D eigenvalue weighted by Crippen LogP contribution is 2.66. The molecule has 4 aliphatic carbocycles. The maximum atomic E-state index is 12.0. The highest BCUT2D eigenvalue weighted by molar-refractivity contribution is 5.92. The summed E-state index contributed by atoms with van der Waals surface area (Å²) in [6, 6.07) is 0. The van der Waals surface area contributed by atoms with Crippen LogP contribution < -0.4 is 0 Å². The minimum Gasteiger partial charge on any atom is -0.467 e. The number of rotatable bonds is 4. The fraction of sp³-hybridized carbons (Fsp3) is 0.760. The van der Waals surface area contributed by atoms with Crippen LogP contribution in [0.15, 0.2) is 23.8 Å². The highest BCUT2D eigenvalue weighted by Gasteiger charge is 2.58. The van der Waals surface area contributed by atoms with Gasteiger partial charge in [0.1, 0.15) is 0 Å². The molecular formula is C25H36O4. The van der Waals surface area contributed by atoms with Gasteiger partial charge in [-0.15, -0.1) is 0 Å². The molecule has 0 radical (unpaired) electrons. The van der Waals surface area contributed by atoms with Gasteiger partial charge in [-0.2, -0.15) is 0 Å². The Hall–Kier alpha value is -1.42. The lowest BCUT2D eigenvalue weighted by Gasteiger charge is -2.56. The molecule has 8 unspecified atom stereocenters. The smallest absolute Gasteiger partial charge is 0.334 e. The van der Waals surface area contributed by atoms with Gasteiger partial charge in [-0.25, -0.2) is 4.79 Å². The first kappa shape index (κ1) is 20.8. The van der Waals surface area contributed by atoms with E-state index in [-0.39, 0.29) is 16.6 Å². The number of aliphatic hydroxyl groups is 1. The fourth-order valence-corrected chi connectivity index (χ4v) is 7.72. The van der Waals surface area contributed by atoms with E-state index in [0.717, 1.165) is 6.42 Å². The Balaban J connectivity index is 1.56. The summed E-state index contributed by atoms with van der Waals surface area (Å²) in [6.45, 7) is 7.04. The molecule has 0 aliphatic heterocycles. The molecule has 4 rings (SSSR count). The van der Waals surface area contributed by atoms with Gasteiger partial charge in [0.05, 0.1) is 7.11 Å². The summed E-state index contributed by atoms with van der Waals surface area (Å²) in [6.07, 6.45) is 12.5. The van der Waals surface area contributed by atoms with E-state index in [9.17, 15) is 14.7 Å². The number of carbonyl (C=O) groups is 2. The van der Waals surface area contributed by atoms with Crippen LogP contribution in [-0.2, 0) is 14.3 Å². The van der Waals surface area contributed by atoms with Gasteiger partial charge < -0.3 is 9.84 Å². The minimum atomic E-state index is -1.02. The van der Waals surface area contributed by atoms with Gasteiger partial charge in [0.25, 0.3) is 0 Å². The van der Waals surface area contributed by atoms with E-state index in [2.05, 4.69) is 32.9 Å². The first-order chi connectivity index (χ1) is 13.7. The van der Waals surface area contributed by atoms with Crippen molar-refractivity contribution in [3.05, 3.63) is 23.8 Å². The van der Waals surface area contributed by atoms with Crippen LogP contribution in [-0.4, -0.2) is 30.1 Å². The molecule has 0 amide bonds. The van der Waals surface area contributed by atoms with Crippen LogP contribution >= 0.6 is 0 Å². The second kappa shape index (κ2) is 7.37. The number of allylic oxidation sites excluding steroid dienone is 4. The molecule has 4 aliphatic rings. The van der Waals surface area contributed by atoms with E-state index in [0.29, 0.717) is 42.4 Å². The van der Waals surface area contributed by atoms with Gasteiger partial charge in [0.15, 0.2) is 11.9 Å². The van der Waals surface area contributed by atoms with Gasteiger partial charge in [-0.05, 0) is 90.6 Å². The topological polar surface area (TPSA) is 63.6 Å². The van der Waals surface area contributed by atoms with Crippen LogP contribution in [0.4, 0.5) is 0 Å². The van der Waals surface area contributed by atoms with Crippen molar-refractivity contribution in [3.63, 3.8) is 0 Å². The fourth-order valence-electron chi connectivity index (χ4n) is 7.72. The summed E-state index contributed by atoms with van der Waals surface area (Å²) < 4.78 is 4.72. The minimum absolute atomic E-state index is 0.138. The molecule has 0 spiro atoms. The maximum absolute atomic E-state index is 12.0. The number of esters is 1. The van der Waals surface area contributed by atoms with Gasteiger partial charge in [-0.1, -0.05) is 32.9 Å². The average Bonchev–Trinajstić information content (AvgIpc) is 3.05. The Kier molecular flexibility index (Phi) is 5.30. The third kappa shape index (κ3) is 3.22. The van der Waals surface area contributed by atoms with Gasteiger partial charge >= 0.3 is 5.97 Å². The molecule has 0 saturated heterocycles. The number of ketones is 1. The Labute approximate surface area is 174 Å². The number of methoxy groups -OCH3 is 1. The normalized spacial score (nSPS) is 42.9. The van der Waals surface area contributed by atoms with Gasteiger partial charge in [0.2, 0.25) is 0 Å². The molecule has 0 aromatic heterocycles. The molecule has 8 atom stereocenters. The van der Waals surface area contributed by atoms with Crippen molar-refractivity contribution < 1.29 is 19.4 Å². The van der Waals surface area contributed by atoms with Crippen LogP contribution in [0.2, 0.25) is 0 Å². The van der Waals surface area contributed by atoms with Crippen LogP contribution in [0.5, 0.6) is 0 Å². The molecule has 29 heavy (non-hydrogen) atoms.